The normalized spacial score (nSPS) is 22.9. The van der Waals surface area contributed by atoms with Gasteiger partial charge in [-0.2, -0.15) is 11.8 Å². The minimum Gasteiger partial charge on any atom is -0.481 e. The molecule has 1 saturated carbocycles. The quantitative estimate of drug-likeness (QED) is 0.683. The van der Waals surface area contributed by atoms with Gasteiger partial charge in [0.2, 0.25) is 0 Å². The number of carbonyl (C=O) groups excluding carboxylic acids is 1. The van der Waals surface area contributed by atoms with Gasteiger partial charge in [0.05, 0.1) is 5.41 Å². The number of nitrogens with one attached hydrogen (secondary N) is 2. The molecule has 0 atom stereocenters. The molecule has 1 aliphatic heterocycles. The van der Waals surface area contributed by atoms with Crippen LogP contribution in [0.25, 0.3) is 0 Å². The fourth-order valence-corrected chi connectivity index (χ4v) is 3.10. The van der Waals surface area contributed by atoms with Crippen LogP contribution in [0.5, 0.6) is 0 Å². The number of rotatable bonds is 6. The first-order valence-electron chi connectivity index (χ1n) is 6.90. The van der Waals surface area contributed by atoms with Crippen molar-refractivity contribution in [3.05, 3.63) is 0 Å². The lowest BCUT2D eigenvalue weighted by atomic mass is 9.80. The average molecular weight is 302 g/mol. The molecule has 6 nitrogen and oxygen atoms in total. The number of thioether (sulfide) groups is 1. The summed E-state index contributed by atoms with van der Waals surface area (Å²) in [5, 5.41) is 14.9. The van der Waals surface area contributed by atoms with E-state index in [0.29, 0.717) is 32.6 Å². The van der Waals surface area contributed by atoms with Crippen molar-refractivity contribution < 1.29 is 19.4 Å². The SMILES string of the molecule is CSC1(CNC(=O)NCC2(C(=O)O)CCOCC2)CC1. The molecule has 114 valence electrons. The van der Waals surface area contributed by atoms with Crippen molar-refractivity contribution in [3.63, 3.8) is 0 Å². The summed E-state index contributed by atoms with van der Waals surface area (Å²) in [6, 6.07) is -0.280. The minimum atomic E-state index is -0.883. The van der Waals surface area contributed by atoms with Gasteiger partial charge in [-0.15, -0.1) is 0 Å². The number of hydrogen-bond donors (Lipinski definition) is 3. The first kappa shape index (κ1) is 15.4. The Balaban J connectivity index is 1.77. The second kappa shape index (κ2) is 6.22. The third kappa shape index (κ3) is 3.58. The van der Waals surface area contributed by atoms with Crippen LogP contribution in [0.15, 0.2) is 0 Å². The number of ether oxygens (including phenoxy) is 1. The van der Waals surface area contributed by atoms with Crippen molar-refractivity contribution in [2.24, 2.45) is 5.41 Å². The highest BCUT2D eigenvalue weighted by molar-refractivity contribution is 8.00. The number of carboxylic acid groups (broad SMARTS) is 1. The van der Waals surface area contributed by atoms with Gasteiger partial charge >= 0.3 is 12.0 Å². The lowest BCUT2D eigenvalue weighted by Gasteiger charge is -2.33. The summed E-state index contributed by atoms with van der Waals surface area (Å²) in [4.78, 5) is 23.2. The summed E-state index contributed by atoms with van der Waals surface area (Å²) < 4.78 is 5.41. The minimum absolute atomic E-state index is 0.157. The van der Waals surface area contributed by atoms with E-state index in [-0.39, 0.29) is 17.3 Å². The molecule has 0 radical (unpaired) electrons. The molecule has 3 N–H and O–H groups in total. The number of hydrogen-bond acceptors (Lipinski definition) is 4. The van der Waals surface area contributed by atoms with Gasteiger partial charge in [-0.1, -0.05) is 0 Å². The van der Waals surface area contributed by atoms with E-state index in [1.807, 2.05) is 6.26 Å². The van der Waals surface area contributed by atoms with Crippen molar-refractivity contribution in [3.8, 4) is 0 Å². The summed E-state index contributed by atoms with van der Waals surface area (Å²) in [6.45, 7) is 1.67. The molecule has 20 heavy (non-hydrogen) atoms. The molecule has 0 aromatic heterocycles. The summed E-state index contributed by atoms with van der Waals surface area (Å²) in [5.41, 5.74) is -0.883. The molecular weight excluding hydrogens is 280 g/mol. The highest BCUT2D eigenvalue weighted by Gasteiger charge is 2.43. The second-order valence-corrected chi connectivity index (χ2v) is 6.90. The monoisotopic (exact) mass is 302 g/mol. The summed E-state index contributed by atoms with van der Waals surface area (Å²) in [7, 11) is 0. The molecule has 2 fully saturated rings. The predicted octanol–water partition coefficient (Wildman–Crippen LogP) is 1.06. The molecule has 2 aliphatic rings. The van der Waals surface area contributed by atoms with Crippen LogP contribution in [0, 0.1) is 5.41 Å². The van der Waals surface area contributed by atoms with Crippen LogP contribution in [-0.2, 0) is 9.53 Å². The Bertz CT molecular complexity index is 379. The second-order valence-electron chi connectivity index (χ2n) is 5.62. The van der Waals surface area contributed by atoms with Crippen LogP contribution < -0.4 is 10.6 Å². The van der Waals surface area contributed by atoms with Gasteiger partial charge in [-0.25, -0.2) is 4.79 Å². The smallest absolute Gasteiger partial charge is 0.314 e. The molecule has 2 amide bonds. The Morgan fingerprint density at radius 3 is 2.25 bits per heavy atom. The van der Waals surface area contributed by atoms with E-state index in [0.717, 1.165) is 12.8 Å². The fraction of sp³-hybridized carbons (Fsp3) is 0.846. The average Bonchev–Trinajstić information content (AvgIpc) is 3.24. The van der Waals surface area contributed by atoms with Crippen LogP contribution in [0.3, 0.4) is 0 Å². The molecule has 1 aliphatic carbocycles. The first-order valence-corrected chi connectivity index (χ1v) is 8.12. The maximum Gasteiger partial charge on any atom is 0.314 e. The van der Waals surface area contributed by atoms with E-state index < -0.39 is 11.4 Å². The van der Waals surface area contributed by atoms with Crippen molar-refractivity contribution in [1.29, 1.82) is 0 Å². The molecule has 0 aromatic carbocycles. The van der Waals surface area contributed by atoms with Gasteiger partial charge < -0.3 is 20.5 Å². The van der Waals surface area contributed by atoms with Crippen molar-refractivity contribution in [2.75, 3.05) is 32.6 Å². The van der Waals surface area contributed by atoms with Crippen molar-refractivity contribution >= 4 is 23.8 Å². The molecule has 1 heterocycles. The summed E-state index contributed by atoms with van der Waals surface area (Å²) in [6.07, 6.45) is 5.19. The predicted molar refractivity (Wildman–Crippen MR) is 77.0 cm³/mol. The first-order chi connectivity index (χ1) is 9.52. The Morgan fingerprint density at radius 2 is 1.75 bits per heavy atom. The maximum atomic E-state index is 11.8. The molecule has 1 saturated heterocycles. The third-order valence-electron chi connectivity index (χ3n) is 4.30. The zero-order chi connectivity index (χ0) is 14.6. The molecule has 0 spiro atoms. The van der Waals surface area contributed by atoms with E-state index in [1.54, 1.807) is 11.8 Å². The van der Waals surface area contributed by atoms with Crippen LogP contribution in [0.2, 0.25) is 0 Å². The summed E-state index contributed by atoms with van der Waals surface area (Å²) >= 11 is 1.78. The van der Waals surface area contributed by atoms with Gasteiger partial charge in [0.15, 0.2) is 0 Å². The number of aliphatic carboxylic acids is 1. The van der Waals surface area contributed by atoms with Gasteiger partial charge in [0.25, 0.3) is 0 Å². The molecule has 0 aromatic rings. The van der Waals surface area contributed by atoms with Crippen LogP contribution in [-0.4, -0.2) is 54.4 Å². The van der Waals surface area contributed by atoms with E-state index in [9.17, 15) is 14.7 Å². The lowest BCUT2D eigenvalue weighted by Crippen LogP contribution is -2.49. The third-order valence-corrected chi connectivity index (χ3v) is 5.72. The fourth-order valence-electron chi connectivity index (χ4n) is 2.37. The topological polar surface area (TPSA) is 87.7 Å². The zero-order valence-electron chi connectivity index (χ0n) is 11.7. The highest BCUT2D eigenvalue weighted by atomic mass is 32.2. The Labute approximate surface area is 123 Å². The van der Waals surface area contributed by atoms with E-state index in [4.69, 9.17) is 4.74 Å². The van der Waals surface area contributed by atoms with Crippen LogP contribution in [0.1, 0.15) is 25.7 Å². The number of carboxylic acids is 1. The van der Waals surface area contributed by atoms with Crippen molar-refractivity contribution in [2.45, 2.75) is 30.4 Å². The summed E-state index contributed by atoms with van der Waals surface area (Å²) in [5.74, 6) is -0.858. The number of carbonyl (C=O) groups is 2. The molecule has 7 heteroatoms. The molecular formula is C13H22N2O4S. The van der Waals surface area contributed by atoms with Crippen LogP contribution in [0.4, 0.5) is 4.79 Å². The van der Waals surface area contributed by atoms with E-state index >= 15 is 0 Å². The van der Waals surface area contributed by atoms with E-state index in [2.05, 4.69) is 10.6 Å². The van der Waals surface area contributed by atoms with Gasteiger partial charge in [-0.3, -0.25) is 4.79 Å². The van der Waals surface area contributed by atoms with Gasteiger partial charge in [0, 0.05) is 31.1 Å². The lowest BCUT2D eigenvalue weighted by molar-refractivity contribution is -0.154. The molecule has 2 rings (SSSR count). The maximum absolute atomic E-state index is 11.8. The number of urea groups is 1. The molecule has 0 unspecified atom stereocenters. The van der Waals surface area contributed by atoms with E-state index in [1.165, 1.54) is 0 Å². The van der Waals surface area contributed by atoms with Crippen LogP contribution >= 0.6 is 11.8 Å². The number of amides is 2. The van der Waals surface area contributed by atoms with Gasteiger partial charge in [-0.05, 0) is 31.9 Å². The molecule has 0 bridgehead atoms. The Morgan fingerprint density at radius 1 is 1.15 bits per heavy atom. The zero-order valence-corrected chi connectivity index (χ0v) is 12.6. The standard InChI is InChI=1S/C13H22N2O4S/c1-20-13(2-3-13)9-15-11(18)14-8-12(10(16)17)4-6-19-7-5-12/h2-9H2,1H3,(H,16,17)(H2,14,15,18). The largest absolute Gasteiger partial charge is 0.481 e. The van der Waals surface area contributed by atoms with Crippen molar-refractivity contribution in [1.82, 2.24) is 10.6 Å². The highest BCUT2D eigenvalue weighted by Crippen LogP contribution is 2.46. The Hall–Kier alpha value is -0.950. The Kier molecular flexibility index (Phi) is 4.80. The van der Waals surface area contributed by atoms with Gasteiger partial charge in [0.1, 0.15) is 0 Å².